The fraction of sp³-hybridized carbons (Fsp3) is 0.571. The molecular weight excluding hydrogens is 270 g/mol. The Morgan fingerprint density at radius 1 is 1.33 bits per heavy atom. The van der Waals surface area contributed by atoms with Crippen molar-refractivity contribution in [1.29, 1.82) is 0 Å². The van der Waals surface area contributed by atoms with Crippen LogP contribution in [0, 0.1) is 5.92 Å². The summed E-state index contributed by atoms with van der Waals surface area (Å²) in [4.78, 5) is 12.5. The van der Waals surface area contributed by atoms with Gasteiger partial charge in [-0.05, 0) is 31.6 Å². The molecule has 1 saturated carbocycles. The summed E-state index contributed by atoms with van der Waals surface area (Å²) in [5.41, 5.74) is 6.48. The molecule has 1 aliphatic carbocycles. The van der Waals surface area contributed by atoms with E-state index in [1.54, 1.807) is 13.2 Å². The molecule has 0 bridgehead atoms. The van der Waals surface area contributed by atoms with Crippen LogP contribution in [0.1, 0.15) is 38.5 Å². The van der Waals surface area contributed by atoms with Crippen LogP contribution >= 0.6 is 0 Å². The van der Waals surface area contributed by atoms with Crippen molar-refractivity contribution < 1.29 is 9.26 Å². The average molecular weight is 289 g/mol. The number of aromatic nitrogens is 4. The number of ether oxygens (including phenoxy) is 1. The lowest BCUT2D eigenvalue weighted by atomic mass is 9.78. The van der Waals surface area contributed by atoms with Crippen LogP contribution in [-0.4, -0.2) is 27.2 Å². The normalized spacial score (nSPS) is 25.8. The minimum atomic E-state index is -0.519. The highest BCUT2D eigenvalue weighted by molar-refractivity contribution is 5.49. The summed E-state index contributed by atoms with van der Waals surface area (Å²) in [6, 6.07) is 1.67. The van der Waals surface area contributed by atoms with E-state index in [1.807, 2.05) is 0 Å². The maximum absolute atomic E-state index is 6.44. The first-order valence-electron chi connectivity index (χ1n) is 7.10. The predicted molar refractivity (Wildman–Crippen MR) is 75.4 cm³/mol. The molecule has 1 fully saturated rings. The van der Waals surface area contributed by atoms with Crippen LogP contribution in [0.5, 0.6) is 5.88 Å². The van der Waals surface area contributed by atoms with Gasteiger partial charge in [-0.2, -0.15) is 4.98 Å². The van der Waals surface area contributed by atoms with Crippen molar-refractivity contribution in [3.8, 4) is 17.4 Å². The third-order valence-corrected chi connectivity index (χ3v) is 4.10. The molecule has 7 heteroatoms. The monoisotopic (exact) mass is 289 g/mol. The summed E-state index contributed by atoms with van der Waals surface area (Å²) in [6.07, 6.45) is 5.29. The van der Waals surface area contributed by atoms with E-state index in [4.69, 9.17) is 15.0 Å². The summed E-state index contributed by atoms with van der Waals surface area (Å²) in [5.74, 6) is 2.06. The Balaban J connectivity index is 1.86. The van der Waals surface area contributed by atoms with Gasteiger partial charge in [0, 0.05) is 6.07 Å². The van der Waals surface area contributed by atoms with Crippen molar-refractivity contribution in [3.05, 3.63) is 18.3 Å². The summed E-state index contributed by atoms with van der Waals surface area (Å²) in [7, 11) is 1.55. The topological polar surface area (TPSA) is 100.0 Å². The Labute approximate surface area is 122 Å². The molecule has 1 aliphatic rings. The second-order valence-corrected chi connectivity index (χ2v) is 5.71. The van der Waals surface area contributed by atoms with E-state index < -0.39 is 5.54 Å². The fourth-order valence-corrected chi connectivity index (χ4v) is 2.59. The van der Waals surface area contributed by atoms with Gasteiger partial charge < -0.3 is 15.0 Å². The van der Waals surface area contributed by atoms with E-state index in [-0.39, 0.29) is 0 Å². The molecule has 2 N–H and O–H groups in total. The number of hydrogen-bond acceptors (Lipinski definition) is 7. The third-order valence-electron chi connectivity index (χ3n) is 4.10. The molecule has 2 aromatic heterocycles. The number of nitrogens with zero attached hydrogens (tertiary/aromatic N) is 4. The van der Waals surface area contributed by atoms with E-state index in [2.05, 4.69) is 27.0 Å². The average Bonchev–Trinajstić information content (AvgIpc) is 3.01. The zero-order valence-corrected chi connectivity index (χ0v) is 12.2. The zero-order valence-electron chi connectivity index (χ0n) is 12.2. The van der Waals surface area contributed by atoms with Gasteiger partial charge in [0.1, 0.15) is 12.0 Å². The second-order valence-electron chi connectivity index (χ2n) is 5.71. The molecule has 2 aromatic rings. The summed E-state index contributed by atoms with van der Waals surface area (Å²) >= 11 is 0. The highest BCUT2D eigenvalue weighted by atomic mass is 16.5. The Bertz CT molecular complexity index is 619. The molecule has 21 heavy (non-hydrogen) atoms. The minimum Gasteiger partial charge on any atom is -0.481 e. The molecule has 0 unspecified atom stereocenters. The Hall–Kier alpha value is -2.02. The number of hydrogen-bond donors (Lipinski definition) is 1. The van der Waals surface area contributed by atoms with Crippen LogP contribution in [-0.2, 0) is 5.54 Å². The van der Waals surface area contributed by atoms with Gasteiger partial charge in [-0.25, -0.2) is 9.97 Å². The van der Waals surface area contributed by atoms with Crippen molar-refractivity contribution in [2.24, 2.45) is 11.7 Å². The van der Waals surface area contributed by atoms with Crippen molar-refractivity contribution in [2.45, 2.75) is 38.1 Å². The first-order valence-corrected chi connectivity index (χ1v) is 7.10. The Morgan fingerprint density at radius 3 is 2.81 bits per heavy atom. The smallest absolute Gasteiger partial charge is 0.247 e. The quantitative estimate of drug-likeness (QED) is 0.920. The SMILES string of the molecule is COc1cc(-c2noc(C3(N)CCC(C)CC3)n2)ncn1. The van der Waals surface area contributed by atoms with E-state index in [1.165, 1.54) is 6.33 Å². The van der Waals surface area contributed by atoms with Crippen molar-refractivity contribution in [2.75, 3.05) is 7.11 Å². The summed E-state index contributed by atoms with van der Waals surface area (Å²) in [5, 5.41) is 3.99. The Morgan fingerprint density at radius 2 is 2.10 bits per heavy atom. The lowest BCUT2D eigenvalue weighted by Gasteiger charge is -2.32. The van der Waals surface area contributed by atoms with Crippen molar-refractivity contribution in [1.82, 2.24) is 20.1 Å². The van der Waals surface area contributed by atoms with Gasteiger partial charge in [-0.3, -0.25) is 0 Å². The maximum atomic E-state index is 6.44. The first-order chi connectivity index (χ1) is 10.1. The minimum absolute atomic E-state index is 0.411. The van der Waals surface area contributed by atoms with Crippen molar-refractivity contribution >= 4 is 0 Å². The number of methoxy groups -OCH3 is 1. The van der Waals surface area contributed by atoms with Crippen LogP contribution in [0.25, 0.3) is 11.5 Å². The van der Waals surface area contributed by atoms with Gasteiger partial charge in [-0.1, -0.05) is 12.1 Å². The van der Waals surface area contributed by atoms with E-state index >= 15 is 0 Å². The first kappa shape index (κ1) is 13.9. The molecule has 0 aliphatic heterocycles. The third kappa shape index (κ3) is 2.73. The van der Waals surface area contributed by atoms with E-state index in [0.717, 1.165) is 25.7 Å². The molecule has 0 atom stereocenters. The van der Waals surface area contributed by atoms with Crippen LogP contribution in [0.15, 0.2) is 16.9 Å². The summed E-state index contributed by atoms with van der Waals surface area (Å²) in [6.45, 7) is 2.24. The van der Waals surface area contributed by atoms with Crippen LogP contribution < -0.4 is 10.5 Å². The fourth-order valence-electron chi connectivity index (χ4n) is 2.59. The van der Waals surface area contributed by atoms with Gasteiger partial charge >= 0.3 is 0 Å². The van der Waals surface area contributed by atoms with Crippen LogP contribution in [0.4, 0.5) is 0 Å². The van der Waals surface area contributed by atoms with E-state index in [0.29, 0.717) is 29.2 Å². The molecule has 7 nitrogen and oxygen atoms in total. The molecule has 0 amide bonds. The largest absolute Gasteiger partial charge is 0.481 e. The number of rotatable bonds is 3. The van der Waals surface area contributed by atoms with Gasteiger partial charge in [0.15, 0.2) is 0 Å². The van der Waals surface area contributed by atoms with Crippen LogP contribution in [0.3, 0.4) is 0 Å². The zero-order chi connectivity index (χ0) is 14.9. The molecule has 3 rings (SSSR count). The van der Waals surface area contributed by atoms with Gasteiger partial charge in [0.25, 0.3) is 0 Å². The molecule has 0 radical (unpaired) electrons. The maximum Gasteiger partial charge on any atom is 0.247 e. The van der Waals surface area contributed by atoms with Crippen molar-refractivity contribution in [3.63, 3.8) is 0 Å². The molecule has 112 valence electrons. The Kier molecular flexibility index (Phi) is 3.59. The van der Waals surface area contributed by atoms with Gasteiger partial charge in [0.2, 0.25) is 17.6 Å². The van der Waals surface area contributed by atoms with E-state index in [9.17, 15) is 0 Å². The second kappa shape index (κ2) is 5.40. The van der Waals surface area contributed by atoms with Gasteiger partial charge in [0.05, 0.1) is 12.6 Å². The van der Waals surface area contributed by atoms with Gasteiger partial charge in [-0.15, -0.1) is 0 Å². The molecule has 2 heterocycles. The summed E-state index contributed by atoms with van der Waals surface area (Å²) < 4.78 is 10.5. The predicted octanol–water partition coefficient (Wildman–Crippen LogP) is 1.90. The molecule has 0 saturated heterocycles. The lowest BCUT2D eigenvalue weighted by molar-refractivity contribution is 0.190. The highest BCUT2D eigenvalue weighted by Gasteiger charge is 2.37. The molecule has 0 aromatic carbocycles. The standard InChI is InChI=1S/C14H19N5O2/c1-9-3-5-14(15,6-4-9)13-18-12(19-21-13)10-7-11(20-2)17-8-16-10/h7-9H,3-6,15H2,1-2H3. The highest BCUT2D eigenvalue weighted by Crippen LogP contribution is 2.37. The van der Waals surface area contributed by atoms with Crippen LogP contribution in [0.2, 0.25) is 0 Å². The lowest BCUT2D eigenvalue weighted by Crippen LogP contribution is -2.40. The molecule has 0 spiro atoms. The molecular formula is C14H19N5O2. The number of nitrogens with two attached hydrogens (primary N) is 1.